The van der Waals surface area contributed by atoms with Crippen molar-refractivity contribution in [3.8, 4) is 0 Å². The number of likely N-dealkylation sites (tertiary alicyclic amines) is 2. The van der Waals surface area contributed by atoms with Gasteiger partial charge in [-0.15, -0.1) is 0 Å². The molecule has 1 N–H and O–H groups in total. The molecule has 0 bridgehead atoms. The van der Waals surface area contributed by atoms with Crippen molar-refractivity contribution in [3.63, 3.8) is 0 Å². The molecular weight excluding hydrogens is 298 g/mol. The second kappa shape index (κ2) is 8.08. The van der Waals surface area contributed by atoms with E-state index in [1.807, 2.05) is 0 Å². The lowest BCUT2D eigenvalue weighted by atomic mass is 9.92. The summed E-state index contributed by atoms with van der Waals surface area (Å²) >= 11 is 0. The fourth-order valence-corrected chi connectivity index (χ4v) is 4.31. The van der Waals surface area contributed by atoms with Crippen LogP contribution in [0.15, 0.2) is 0 Å². The van der Waals surface area contributed by atoms with Crippen LogP contribution in [0.1, 0.15) is 39.5 Å². The molecule has 1 atom stereocenters. The van der Waals surface area contributed by atoms with Crippen molar-refractivity contribution in [2.75, 3.05) is 45.5 Å². The van der Waals surface area contributed by atoms with Crippen molar-refractivity contribution in [2.24, 2.45) is 11.8 Å². The van der Waals surface area contributed by atoms with Crippen LogP contribution in [0.2, 0.25) is 0 Å². The molecule has 2 aliphatic heterocycles. The molecule has 2 aliphatic rings. The number of piperidine rings is 2. The molecule has 2 fully saturated rings. The lowest BCUT2D eigenvalue weighted by Crippen LogP contribution is -2.45. The van der Waals surface area contributed by atoms with Crippen LogP contribution in [0.25, 0.3) is 0 Å². The summed E-state index contributed by atoms with van der Waals surface area (Å²) in [6, 6.07) is 0.669. The average Bonchev–Trinajstić information content (AvgIpc) is 2.45. The third-order valence-electron chi connectivity index (χ3n) is 5.13. The maximum atomic E-state index is 11.2. The Morgan fingerprint density at radius 3 is 2.36 bits per heavy atom. The molecule has 0 aliphatic carbocycles. The first kappa shape index (κ1) is 18.2. The quantitative estimate of drug-likeness (QED) is 0.799. The molecule has 2 saturated heterocycles. The molecule has 2 heterocycles. The van der Waals surface area contributed by atoms with Crippen LogP contribution in [-0.4, -0.2) is 69.8 Å². The summed E-state index contributed by atoms with van der Waals surface area (Å²) in [6.45, 7) is 11.0. The first-order valence-electron chi connectivity index (χ1n) is 8.74. The molecule has 5 nitrogen and oxygen atoms in total. The summed E-state index contributed by atoms with van der Waals surface area (Å²) in [6.07, 6.45) is 6.20. The Morgan fingerprint density at radius 2 is 1.77 bits per heavy atom. The van der Waals surface area contributed by atoms with Gasteiger partial charge in [-0.2, -0.15) is 0 Å². The van der Waals surface area contributed by atoms with Gasteiger partial charge in [0.05, 0.1) is 6.26 Å². The fraction of sp³-hybridized carbons (Fsp3) is 1.00. The molecule has 0 aromatic rings. The molecular formula is C16H33N3O2S. The van der Waals surface area contributed by atoms with Crippen LogP contribution >= 0.6 is 0 Å². The number of rotatable bonds is 6. The minimum Gasteiger partial charge on any atom is -0.303 e. The number of hydrogen-bond acceptors (Lipinski definition) is 4. The highest BCUT2D eigenvalue weighted by Crippen LogP contribution is 2.23. The van der Waals surface area contributed by atoms with E-state index in [4.69, 9.17) is 0 Å². The smallest absolute Gasteiger partial charge is 0.208 e. The van der Waals surface area contributed by atoms with Crippen LogP contribution in [0.4, 0.5) is 0 Å². The van der Waals surface area contributed by atoms with Gasteiger partial charge in [0.1, 0.15) is 0 Å². The van der Waals surface area contributed by atoms with Gasteiger partial charge in [-0.3, -0.25) is 0 Å². The van der Waals surface area contributed by atoms with E-state index in [2.05, 4.69) is 28.4 Å². The summed E-state index contributed by atoms with van der Waals surface area (Å²) in [7, 11) is -3.06. The summed E-state index contributed by atoms with van der Waals surface area (Å²) in [5, 5.41) is 0. The number of hydrogen-bond donors (Lipinski definition) is 1. The summed E-state index contributed by atoms with van der Waals surface area (Å²) in [5.41, 5.74) is 0. The SMILES string of the molecule is CC(C)N1CCC(CN2CCC[C@H](CNS(C)(=O)=O)C2)CC1. The lowest BCUT2D eigenvalue weighted by molar-refractivity contribution is 0.101. The van der Waals surface area contributed by atoms with Gasteiger partial charge in [-0.25, -0.2) is 13.1 Å². The van der Waals surface area contributed by atoms with Gasteiger partial charge in [0.2, 0.25) is 10.0 Å². The molecule has 2 rings (SSSR count). The van der Waals surface area contributed by atoms with E-state index in [1.165, 1.54) is 51.7 Å². The van der Waals surface area contributed by atoms with Gasteiger partial charge in [-0.1, -0.05) is 0 Å². The predicted molar refractivity (Wildman–Crippen MR) is 91.4 cm³/mol. The van der Waals surface area contributed by atoms with Crippen molar-refractivity contribution >= 4 is 10.0 Å². The van der Waals surface area contributed by atoms with Crippen molar-refractivity contribution in [1.29, 1.82) is 0 Å². The van der Waals surface area contributed by atoms with E-state index in [0.29, 0.717) is 18.5 Å². The Bertz CT molecular complexity index is 431. The first-order valence-corrected chi connectivity index (χ1v) is 10.6. The monoisotopic (exact) mass is 331 g/mol. The topological polar surface area (TPSA) is 52.6 Å². The highest BCUT2D eigenvalue weighted by atomic mass is 32.2. The summed E-state index contributed by atoms with van der Waals surface area (Å²) in [5.74, 6) is 1.29. The highest BCUT2D eigenvalue weighted by Gasteiger charge is 2.26. The molecule has 0 amide bonds. The van der Waals surface area contributed by atoms with E-state index in [0.717, 1.165) is 18.9 Å². The third-order valence-corrected chi connectivity index (χ3v) is 5.82. The second-order valence-electron chi connectivity index (χ2n) is 7.46. The largest absolute Gasteiger partial charge is 0.303 e. The average molecular weight is 332 g/mol. The van der Waals surface area contributed by atoms with Crippen molar-refractivity contribution in [2.45, 2.75) is 45.6 Å². The Labute approximate surface area is 136 Å². The maximum Gasteiger partial charge on any atom is 0.208 e. The number of sulfonamides is 1. The number of nitrogens with one attached hydrogen (secondary N) is 1. The maximum absolute atomic E-state index is 11.2. The summed E-state index contributed by atoms with van der Waals surface area (Å²) < 4.78 is 25.1. The Balaban J connectivity index is 1.72. The molecule has 6 heteroatoms. The van der Waals surface area contributed by atoms with Crippen LogP contribution in [0.5, 0.6) is 0 Å². The zero-order chi connectivity index (χ0) is 16.2. The molecule has 0 saturated carbocycles. The molecule has 0 spiro atoms. The van der Waals surface area contributed by atoms with Crippen molar-refractivity contribution in [3.05, 3.63) is 0 Å². The molecule has 0 radical (unpaired) electrons. The molecule has 22 heavy (non-hydrogen) atoms. The van der Waals surface area contributed by atoms with Gasteiger partial charge >= 0.3 is 0 Å². The standard InChI is InChI=1S/C16H33N3O2S/c1-14(2)19-9-6-15(7-10-19)12-18-8-4-5-16(13-18)11-17-22(3,20)21/h14-17H,4-13H2,1-3H3/t16-/m1/s1. The van der Waals surface area contributed by atoms with Gasteiger partial charge in [0, 0.05) is 25.7 Å². The lowest BCUT2D eigenvalue weighted by Gasteiger charge is -2.39. The highest BCUT2D eigenvalue weighted by molar-refractivity contribution is 7.88. The Morgan fingerprint density at radius 1 is 1.09 bits per heavy atom. The number of nitrogens with zero attached hydrogens (tertiary/aromatic N) is 2. The van der Waals surface area contributed by atoms with Crippen molar-refractivity contribution < 1.29 is 8.42 Å². The molecule has 0 unspecified atom stereocenters. The zero-order valence-corrected chi connectivity index (χ0v) is 15.2. The van der Waals surface area contributed by atoms with Gasteiger partial charge in [-0.05, 0) is 71.0 Å². The van der Waals surface area contributed by atoms with Gasteiger partial charge < -0.3 is 9.80 Å². The van der Waals surface area contributed by atoms with Gasteiger partial charge in [0.25, 0.3) is 0 Å². The zero-order valence-electron chi connectivity index (χ0n) is 14.4. The van der Waals surface area contributed by atoms with Crippen LogP contribution in [0, 0.1) is 11.8 Å². The van der Waals surface area contributed by atoms with E-state index in [1.54, 1.807) is 0 Å². The Hall–Kier alpha value is -0.170. The van der Waals surface area contributed by atoms with E-state index in [9.17, 15) is 8.42 Å². The molecule has 130 valence electrons. The second-order valence-corrected chi connectivity index (χ2v) is 9.29. The predicted octanol–water partition coefficient (Wildman–Crippen LogP) is 1.37. The third kappa shape index (κ3) is 6.14. The molecule has 0 aromatic carbocycles. The normalized spacial score (nSPS) is 26.6. The van der Waals surface area contributed by atoms with Crippen LogP contribution in [-0.2, 0) is 10.0 Å². The fourth-order valence-electron chi connectivity index (χ4n) is 3.77. The van der Waals surface area contributed by atoms with Crippen LogP contribution in [0.3, 0.4) is 0 Å². The van der Waals surface area contributed by atoms with E-state index < -0.39 is 10.0 Å². The summed E-state index contributed by atoms with van der Waals surface area (Å²) in [4.78, 5) is 5.14. The van der Waals surface area contributed by atoms with Crippen LogP contribution < -0.4 is 4.72 Å². The van der Waals surface area contributed by atoms with E-state index in [-0.39, 0.29) is 0 Å². The van der Waals surface area contributed by atoms with E-state index >= 15 is 0 Å². The first-order chi connectivity index (χ1) is 10.3. The minimum atomic E-state index is -3.06. The van der Waals surface area contributed by atoms with Crippen molar-refractivity contribution in [1.82, 2.24) is 14.5 Å². The minimum absolute atomic E-state index is 0.472. The Kier molecular flexibility index (Phi) is 6.68. The van der Waals surface area contributed by atoms with Gasteiger partial charge in [0.15, 0.2) is 0 Å². The molecule has 0 aromatic heterocycles.